The molecule has 0 aromatic heterocycles. The van der Waals surface area contributed by atoms with E-state index in [9.17, 15) is 4.79 Å². The van der Waals surface area contributed by atoms with E-state index < -0.39 is 0 Å². The number of amides is 1. The molecule has 29 heavy (non-hydrogen) atoms. The molecule has 0 aromatic carbocycles. The first-order valence-electron chi connectivity index (χ1n) is 13.1. The summed E-state index contributed by atoms with van der Waals surface area (Å²) in [5, 5.41) is 3.39. The van der Waals surface area contributed by atoms with E-state index in [2.05, 4.69) is 39.9 Å². The lowest BCUT2D eigenvalue weighted by Gasteiger charge is -2.60. The number of piperidine rings is 1. The van der Waals surface area contributed by atoms with Gasteiger partial charge < -0.3 is 5.32 Å². The molecule has 1 saturated heterocycles. The summed E-state index contributed by atoms with van der Waals surface area (Å²) in [7, 11) is 0. The topological polar surface area (TPSA) is 29.1 Å². The number of hydrogen-bond donors (Lipinski definition) is 1. The van der Waals surface area contributed by atoms with Gasteiger partial charge in [0.1, 0.15) is 0 Å². The summed E-state index contributed by atoms with van der Waals surface area (Å²) in [5.74, 6) is 5.75. The number of hydrogen-bond acceptors (Lipinski definition) is 1. The molecule has 1 amide bonds. The van der Waals surface area contributed by atoms with Crippen LogP contribution in [0.15, 0.2) is 0 Å². The third kappa shape index (κ3) is 3.69. The van der Waals surface area contributed by atoms with Gasteiger partial charge in [-0.2, -0.15) is 0 Å². The van der Waals surface area contributed by atoms with Gasteiger partial charge in [0.25, 0.3) is 0 Å². The highest BCUT2D eigenvalue weighted by atomic mass is 16.1. The predicted octanol–water partition coefficient (Wildman–Crippen LogP) is 6.98. The maximum Gasteiger partial charge on any atom is 0.220 e. The van der Waals surface area contributed by atoms with E-state index in [-0.39, 0.29) is 0 Å². The molecular formula is C27H47NO. The maximum absolute atomic E-state index is 12.0. The molecule has 166 valence electrons. The zero-order valence-electron chi connectivity index (χ0n) is 19.9. The summed E-state index contributed by atoms with van der Waals surface area (Å²) in [6.45, 7) is 12.6. The summed E-state index contributed by atoms with van der Waals surface area (Å²) >= 11 is 0. The van der Waals surface area contributed by atoms with E-state index in [4.69, 9.17) is 0 Å². The number of nitrogens with one attached hydrogen (secondary N) is 1. The van der Waals surface area contributed by atoms with E-state index in [0.29, 0.717) is 22.8 Å². The second-order valence-corrected chi connectivity index (χ2v) is 12.2. The molecule has 0 bridgehead atoms. The van der Waals surface area contributed by atoms with Crippen LogP contribution < -0.4 is 5.32 Å². The van der Waals surface area contributed by atoms with Crippen molar-refractivity contribution in [3.63, 3.8) is 0 Å². The standard InChI is InChI=1S/C27H47NO/c1-6-18(2)8-7-9-19(3)21-11-12-22-20-10-13-24-27(5,17-15-25(29)28-24)23(20)14-16-26(21,22)4/h18-24H,6-17H2,1-5H3,(H,28,29)/t18?,19-,20+,21-,22+,23+,24?,26-,27-/m1/s1. The van der Waals surface area contributed by atoms with Crippen molar-refractivity contribution in [3.05, 3.63) is 0 Å². The van der Waals surface area contributed by atoms with Crippen molar-refractivity contribution in [3.8, 4) is 0 Å². The second-order valence-electron chi connectivity index (χ2n) is 12.2. The molecule has 9 atom stereocenters. The van der Waals surface area contributed by atoms with Crippen molar-refractivity contribution in [2.24, 2.45) is 46.3 Å². The van der Waals surface area contributed by atoms with Gasteiger partial charge >= 0.3 is 0 Å². The Labute approximate surface area is 180 Å². The van der Waals surface area contributed by atoms with Crippen molar-refractivity contribution in [1.29, 1.82) is 0 Å². The molecule has 2 nitrogen and oxygen atoms in total. The SMILES string of the molecule is CCC(C)CCC[C@@H](C)[C@H]1CC[C@H]2[C@@H]3CCC4NC(=O)CC[C@]4(C)[C@H]3CC[C@]12C. The van der Waals surface area contributed by atoms with Crippen LogP contribution in [0.25, 0.3) is 0 Å². The Hall–Kier alpha value is -0.530. The van der Waals surface area contributed by atoms with E-state index in [1.807, 2.05) is 0 Å². The number of carbonyl (C=O) groups is 1. The Balaban J connectivity index is 1.44. The molecule has 2 heteroatoms. The van der Waals surface area contributed by atoms with Crippen LogP contribution in [0.5, 0.6) is 0 Å². The molecule has 0 radical (unpaired) electrons. The Kier molecular flexibility index (Phi) is 6.13. The molecule has 1 aliphatic heterocycles. The highest BCUT2D eigenvalue weighted by molar-refractivity contribution is 5.77. The summed E-state index contributed by atoms with van der Waals surface area (Å²) in [6.07, 6.45) is 15.9. The molecule has 0 spiro atoms. The quantitative estimate of drug-likeness (QED) is 0.511. The van der Waals surface area contributed by atoms with Crippen molar-refractivity contribution in [2.75, 3.05) is 0 Å². The van der Waals surface area contributed by atoms with Crippen molar-refractivity contribution in [1.82, 2.24) is 5.32 Å². The van der Waals surface area contributed by atoms with E-state index >= 15 is 0 Å². The lowest BCUT2D eigenvalue weighted by molar-refractivity contribution is -0.137. The van der Waals surface area contributed by atoms with Gasteiger partial charge in [-0.3, -0.25) is 4.79 Å². The average Bonchev–Trinajstić information content (AvgIpc) is 3.05. The first kappa shape index (κ1) is 21.7. The third-order valence-electron chi connectivity index (χ3n) is 10.9. The molecule has 1 heterocycles. The van der Waals surface area contributed by atoms with Crippen LogP contribution >= 0.6 is 0 Å². The normalized spacial score (nSPS) is 46.2. The van der Waals surface area contributed by atoms with Crippen molar-refractivity contribution in [2.45, 2.75) is 118 Å². The first-order valence-corrected chi connectivity index (χ1v) is 13.1. The second kappa shape index (κ2) is 8.19. The van der Waals surface area contributed by atoms with Crippen LogP contribution in [-0.4, -0.2) is 11.9 Å². The first-order chi connectivity index (χ1) is 13.8. The summed E-state index contributed by atoms with van der Waals surface area (Å²) in [4.78, 5) is 12.0. The largest absolute Gasteiger partial charge is 0.353 e. The molecular weight excluding hydrogens is 354 g/mol. The maximum atomic E-state index is 12.0. The predicted molar refractivity (Wildman–Crippen MR) is 122 cm³/mol. The Bertz CT molecular complexity index is 601. The van der Waals surface area contributed by atoms with E-state index in [1.165, 1.54) is 64.2 Å². The highest BCUT2D eigenvalue weighted by Crippen LogP contribution is 2.66. The Morgan fingerprint density at radius 2 is 1.72 bits per heavy atom. The summed E-state index contributed by atoms with van der Waals surface area (Å²) in [6, 6.07) is 0.450. The molecule has 1 N–H and O–H groups in total. The molecule has 4 fully saturated rings. The minimum Gasteiger partial charge on any atom is -0.353 e. The van der Waals surface area contributed by atoms with Gasteiger partial charge in [-0.05, 0) is 91.3 Å². The lowest BCUT2D eigenvalue weighted by Crippen LogP contribution is -2.61. The fourth-order valence-corrected chi connectivity index (χ4v) is 8.87. The fourth-order valence-electron chi connectivity index (χ4n) is 8.87. The highest BCUT2D eigenvalue weighted by Gasteiger charge is 2.60. The van der Waals surface area contributed by atoms with Crippen LogP contribution in [0.3, 0.4) is 0 Å². The van der Waals surface area contributed by atoms with Gasteiger partial charge in [-0.1, -0.05) is 60.3 Å². The van der Waals surface area contributed by atoms with E-state index in [0.717, 1.165) is 48.3 Å². The molecule has 0 aromatic rings. The average molecular weight is 402 g/mol. The molecule has 4 rings (SSSR count). The van der Waals surface area contributed by atoms with Gasteiger partial charge in [0.05, 0.1) is 0 Å². The fraction of sp³-hybridized carbons (Fsp3) is 0.963. The Morgan fingerprint density at radius 1 is 0.966 bits per heavy atom. The minimum absolute atomic E-state index is 0.304. The molecule has 3 saturated carbocycles. The van der Waals surface area contributed by atoms with Crippen LogP contribution in [0, 0.1) is 46.3 Å². The van der Waals surface area contributed by atoms with E-state index in [1.54, 1.807) is 0 Å². The lowest BCUT2D eigenvalue weighted by atomic mass is 9.46. The molecule has 3 aliphatic carbocycles. The van der Waals surface area contributed by atoms with Crippen LogP contribution in [-0.2, 0) is 4.79 Å². The molecule has 2 unspecified atom stereocenters. The van der Waals surface area contributed by atoms with Crippen LogP contribution in [0.1, 0.15) is 112 Å². The van der Waals surface area contributed by atoms with Gasteiger partial charge in [0.15, 0.2) is 0 Å². The zero-order chi connectivity index (χ0) is 20.8. The van der Waals surface area contributed by atoms with Crippen LogP contribution in [0.4, 0.5) is 0 Å². The molecule has 4 aliphatic rings. The van der Waals surface area contributed by atoms with Crippen LogP contribution in [0.2, 0.25) is 0 Å². The van der Waals surface area contributed by atoms with Gasteiger partial charge in [0, 0.05) is 12.5 Å². The minimum atomic E-state index is 0.304. The smallest absolute Gasteiger partial charge is 0.220 e. The summed E-state index contributed by atoms with van der Waals surface area (Å²) in [5.41, 5.74) is 0.941. The number of rotatable bonds is 6. The van der Waals surface area contributed by atoms with Crippen molar-refractivity contribution < 1.29 is 4.79 Å². The van der Waals surface area contributed by atoms with Gasteiger partial charge in [-0.15, -0.1) is 0 Å². The van der Waals surface area contributed by atoms with Gasteiger partial charge in [-0.25, -0.2) is 0 Å². The zero-order valence-corrected chi connectivity index (χ0v) is 19.9. The third-order valence-corrected chi connectivity index (χ3v) is 10.9. The van der Waals surface area contributed by atoms with Crippen molar-refractivity contribution >= 4 is 5.91 Å². The van der Waals surface area contributed by atoms with Gasteiger partial charge in [0.2, 0.25) is 5.91 Å². The Morgan fingerprint density at radius 3 is 2.48 bits per heavy atom. The summed E-state index contributed by atoms with van der Waals surface area (Å²) < 4.78 is 0. The number of carbonyl (C=O) groups excluding carboxylic acids is 1. The number of fused-ring (bicyclic) bond motifs is 5. The monoisotopic (exact) mass is 401 g/mol.